The van der Waals surface area contributed by atoms with E-state index < -0.39 is 0 Å². The minimum Gasteiger partial charge on any atom is -0.310 e. The molecule has 80 valence electrons. The molecule has 1 aromatic rings. The van der Waals surface area contributed by atoms with Gasteiger partial charge in [-0.1, -0.05) is 44.2 Å². The second-order valence-electron chi connectivity index (χ2n) is 3.38. The zero-order valence-corrected chi connectivity index (χ0v) is 9.81. The summed E-state index contributed by atoms with van der Waals surface area (Å²) in [6, 6.07) is 11.2. The third-order valence-electron chi connectivity index (χ3n) is 2.42. The van der Waals surface area contributed by atoms with Crippen molar-refractivity contribution >= 4 is 12.4 Å². The van der Waals surface area contributed by atoms with Crippen molar-refractivity contribution in [2.75, 3.05) is 0 Å². The molecule has 0 bridgehead atoms. The van der Waals surface area contributed by atoms with E-state index in [2.05, 4.69) is 49.5 Å². The summed E-state index contributed by atoms with van der Waals surface area (Å²) >= 11 is 0. The predicted octanol–water partition coefficient (Wildman–Crippen LogP) is 3.39. The van der Waals surface area contributed by atoms with Crippen molar-refractivity contribution in [1.29, 1.82) is 0 Å². The van der Waals surface area contributed by atoms with Gasteiger partial charge in [0.25, 0.3) is 0 Å². The highest BCUT2D eigenvalue weighted by Gasteiger charge is 2.00. The molecule has 0 aliphatic rings. The number of rotatable bonds is 5. The summed E-state index contributed by atoms with van der Waals surface area (Å²) in [6.07, 6.45) is 2.42. The molecule has 0 aliphatic carbocycles. The van der Waals surface area contributed by atoms with Gasteiger partial charge in [0.15, 0.2) is 0 Å². The molecule has 1 aromatic carbocycles. The average molecular weight is 214 g/mol. The fourth-order valence-corrected chi connectivity index (χ4v) is 1.44. The first-order valence-corrected chi connectivity index (χ1v) is 5.14. The number of halogens is 1. The van der Waals surface area contributed by atoms with Crippen LogP contribution in [0.5, 0.6) is 0 Å². The second-order valence-corrected chi connectivity index (χ2v) is 3.38. The van der Waals surface area contributed by atoms with E-state index in [9.17, 15) is 0 Å². The van der Waals surface area contributed by atoms with E-state index in [-0.39, 0.29) is 12.4 Å². The Balaban J connectivity index is 0.00000169. The molecule has 0 unspecified atom stereocenters. The third-order valence-corrected chi connectivity index (χ3v) is 2.42. The van der Waals surface area contributed by atoms with E-state index in [0.29, 0.717) is 6.04 Å². The maximum atomic E-state index is 3.54. The monoisotopic (exact) mass is 213 g/mol. The van der Waals surface area contributed by atoms with Crippen LogP contribution in [0.2, 0.25) is 0 Å². The van der Waals surface area contributed by atoms with Crippen molar-refractivity contribution in [3.63, 3.8) is 0 Å². The Labute approximate surface area is 93.3 Å². The Hall–Kier alpha value is -0.530. The summed E-state index contributed by atoms with van der Waals surface area (Å²) in [5, 5.41) is 3.54. The maximum absolute atomic E-state index is 3.54. The van der Waals surface area contributed by atoms with Crippen LogP contribution in [-0.4, -0.2) is 6.04 Å². The Morgan fingerprint density at radius 3 is 2.14 bits per heavy atom. The van der Waals surface area contributed by atoms with Gasteiger partial charge in [0.05, 0.1) is 0 Å². The Kier molecular flexibility index (Phi) is 7.54. The molecular formula is C12H20ClN. The van der Waals surface area contributed by atoms with Crippen LogP contribution in [0.3, 0.4) is 0 Å². The molecule has 0 aliphatic heterocycles. The van der Waals surface area contributed by atoms with Gasteiger partial charge in [0.1, 0.15) is 0 Å². The molecule has 1 N–H and O–H groups in total. The van der Waals surface area contributed by atoms with Crippen molar-refractivity contribution in [2.45, 2.75) is 39.3 Å². The van der Waals surface area contributed by atoms with E-state index in [1.807, 2.05) is 0 Å². The summed E-state index contributed by atoms with van der Waals surface area (Å²) in [7, 11) is 0. The number of nitrogens with one attached hydrogen (secondary N) is 1. The van der Waals surface area contributed by atoms with Crippen LogP contribution in [0, 0.1) is 0 Å². The van der Waals surface area contributed by atoms with E-state index >= 15 is 0 Å². The molecule has 0 saturated carbocycles. The van der Waals surface area contributed by atoms with Crippen LogP contribution < -0.4 is 5.32 Å². The Bertz CT molecular complexity index is 219. The number of benzene rings is 1. The van der Waals surface area contributed by atoms with Crippen molar-refractivity contribution in [3.05, 3.63) is 35.9 Å². The molecule has 2 heteroatoms. The summed E-state index contributed by atoms with van der Waals surface area (Å²) < 4.78 is 0. The lowest BCUT2D eigenvalue weighted by Crippen LogP contribution is -2.26. The molecule has 0 heterocycles. The Morgan fingerprint density at radius 2 is 1.64 bits per heavy atom. The SMILES string of the molecule is CCC(CC)NCc1ccccc1.Cl. The maximum Gasteiger partial charge on any atom is 0.0208 e. The lowest BCUT2D eigenvalue weighted by molar-refractivity contribution is 0.484. The molecule has 0 aromatic heterocycles. The lowest BCUT2D eigenvalue weighted by atomic mass is 10.1. The highest BCUT2D eigenvalue weighted by Crippen LogP contribution is 2.01. The summed E-state index contributed by atoms with van der Waals surface area (Å²) in [4.78, 5) is 0. The van der Waals surface area contributed by atoms with Gasteiger partial charge >= 0.3 is 0 Å². The van der Waals surface area contributed by atoms with Crippen LogP contribution in [0.15, 0.2) is 30.3 Å². The average Bonchev–Trinajstić information content (AvgIpc) is 2.21. The highest BCUT2D eigenvalue weighted by atomic mass is 35.5. The molecule has 0 fully saturated rings. The van der Waals surface area contributed by atoms with Crippen molar-refractivity contribution < 1.29 is 0 Å². The van der Waals surface area contributed by atoms with Crippen LogP contribution in [0.4, 0.5) is 0 Å². The van der Waals surface area contributed by atoms with Crippen LogP contribution in [0.1, 0.15) is 32.3 Å². The standard InChI is InChI=1S/C12H19N.ClH/c1-3-12(4-2)13-10-11-8-6-5-7-9-11;/h5-9,12-13H,3-4,10H2,1-2H3;1H. The zero-order valence-electron chi connectivity index (χ0n) is 8.99. The first-order valence-electron chi connectivity index (χ1n) is 5.14. The van der Waals surface area contributed by atoms with Gasteiger partial charge in [-0.15, -0.1) is 12.4 Å². The van der Waals surface area contributed by atoms with Crippen molar-refractivity contribution in [3.8, 4) is 0 Å². The summed E-state index contributed by atoms with van der Waals surface area (Å²) in [6.45, 7) is 5.45. The topological polar surface area (TPSA) is 12.0 Å². The minimum absolute atomic E-state index is 0. The molecule has 0 saturated heterocycles. The molecular weight excluding hydrogens is 194 g/mol. The largest absolute Gasteiger partial charge is 0.310 e. The smallest absolute Gasteiger partial charge is 0.0208 e. The molecule has 1 rings (SSSR count). The minimum atomic E-state index is 0. The van der Waals surface area contributed by atoms with Gasteiger partial charge in [-0.3, -0.25) is 0 Å². The number of hydrogen-bond donors (Lipinski definition) is 1. The normalized spacial score (nSPS) is 9.93. The van der Waals surface area contributed by atoms with Gasteiger partial charge in [-0.25, -0.2) is 0 Å². The fourth-order valence-electron chi connectivity index (χ4n) is 1.44. The summed E-state index contributed by atoms with van der Waals surface area (Å²) in [5.74, 6) is 0. The van der Waals surface area contributed by atoms with E-state index in [1.54, 1.807) is 0 Å². The first-order chi connectivity index (χ1) is 6.36. The lowest BCUT2D eigenvalue weighted by Gasteiger charge is -2.14. The fraction of sp³-hybridized carbons (Fsp3) is 0.500. The van der Waals surface area contributed by atoms with E-state index in [0.717, 1.165) is 6.54 Å². The predicted molar refractivity (Wildman–Crippen MR) is 64.9 cm³/mol. The van der Waals surface area contributed by atoms with E-state index in [1.165, 1.54) is 18.4 Å². The molecule has 1 nitrogen and oxygen atoms in total. The third kappa shape index (κ3) is 4.64. The zero-order chi connectivity index (χ0) is 9.52. The Morgan fingerprint density at radius 1 is 1.07 bits per heavy atom. The van der Waals surface area contributed by atoms with Gasteiger partial charge in [0.2, 0.25) is 0 Å². The van der Waals surface area contributed by atoms with Crippen LogP contribution in [0.25, 0.3) is 0 Å². The van der Waals surface area contributed by atoms with Gasteiger partial charge in [-0.05, 0) is 18.4 Å². The van der Waals surface area contributed by atoms with E-state index in [4.69, 9.17) is 0 Å². The van der Waals surface area contributed by atoms with Gasteiger partial charge < -0.3 is 5.32 Å². The highest BCUT2D eigenvalue weighted by molar-refractivity contribution is 5.85. The molecule has 0 radical (unpaired) electrons. The summed E-state index contributed by atoms with van der Waals surface area (Å²) in [5.41, 5.74) is 1.37. The van der Waals surface area contributed by atoms with Gasteiger partial charge in [0, 0.05) is 12.6 Å². The molecule has 0 atom stereocenters. The number of hydrogen-bond acceptors (Lipinski definition) is 1. The van der Waals surface area contributed by atoms with Crippen LogP contribution >= 0.6 is 12.4 Å². The van der Waals surface area contributed by atoms with Gasteiger partial charge in [-0.2, -0.15) is 0 Å². The van der Waals surface area contributed by atoms with Crippen LogP contribution in [-0.2, 0) is 6.54 Å². The second kappa shape index (κ2) is 7.84. The first kappa shape index (κ1) is 13.5. The molecule has 0 amide bonds. The quantitative estimate of drug-likeness (QED) is 0.791. The van der Waals surface area contributed by atoms with Crippen molar-refractivity contribution in [1.82, 2.24) is 5.32 Å². The molecule has 14 heavy (non-hydrogen) atoms. The molecule has 0 spiro atoms. The van der Waals surface area contributed by atoms with Crippen molar-refractivity contribution in [2.24, 2.45) is 0 Å².